The predicted octanol–water partition coefficient (Wildman–Crippen LogP) is 2.25. The van der Waals surface area contributed by atoms with Crippen LogP contribution in [0.4, 0.5) is 5.69 Å². The van der Waals surface area contributed by atoms with Crippen molar-refractivity contribution >= 4 is 21.7 Å². The van der Waals surface area contributed by atoms with Crippen molar-refractivity contribution in [2.45, 2.75) is 18.4 Å². The molecule has 1 aromatic heterocycles. The number of aromatic nitrogens is 3. The third kappa shape index (κ3) is 5.11. The summed E-state index contributed by atoms with van der Waals surface area (Å²) in [5.74, 6) is -0.102. The highest BCUT2D eigenvalue weighted by Crippen LogP contribution is 2.23. The van der Waals surface area contributed by atoms with Crippen LogP contribution in [-0.4, -0.2) is 42.9 Å². The standard InChI is InChI=1S/C19H20N4O5S/c1-14-6-7-15(19(24)27-2)10-18(14)29(25,26)22-16-4-3-5-17(11-16)28-9-8-23-13-20-12-21-23/h3-7,10-13,22H,8-9H2,1-2H3. The van der Waals surface area contributed by atoms with Gasteiger partial charge in [-0.1, -0.05) is 12.1 Å². The Kier molecular flexibility index (Phi) is 6.13. The van der Waals surface area contributed by atoms with Crippen molar-refractivity contribution in [3.63, 3.8) is 0 Å². The highest BCUT2D eigenvalue weighted by atomic mass is 32.2. The molecule has 0 atom stereocenters. The number of esters is 1. The van der Waals surface area contributed by atoms with Gasteiger partial charge < -0.3 is 9.47 Å². The fourth-order valence-electron chi connectivity index (χ4n) is 2.60. The predicted molar refractivity (Wildman–Crippen MR) is 105 cm³/mol. The molecule has 0 saturated heterocycles. The minimum Gasteiger partial charge on any atom is -0.492 e. The number of benzene rings is 2. The zero-order chi connectivity index (χ0) is 20.9. The van der Waals surface area contributed by atoms with E-state index in [2.05, 4.69) is 19.5 Å². The largest absolute Gasteiger partial charge is 0.492 e. The van der Waals surface area contributed by atoms with Gasteiger partial charge in [0, 0.05) is 6.07 Å². The Balaban J connectivity index is 1.74. The van der Waals surface area contributed by atoms with Crippen LogP contribution in [0.1, 0.15) is 15.9 Å². The van der Waals surface area contributed by atoms with Crippen molar-refractivity contribution in [2.75, 3.05) is 18.4 Å². The summed E-state index contributed by atoms with van der Waals surface area (Å²) in [6.07, 6.45) is 3.02. The minimum atomic E-state index is -3.92. The van der Waals surface area contributed by atoms with E-state index < -0.39 is 16.0 Å². The van der Waals surface area contributed by atoms with Crippen LogP contribution in [0.15, 0.2) is 60.0 Å². The fraction of sp³-hybridized carbons (Fsp3) is 0.211. The van der Waals surface area contributed by atoms with Gasteiger partial charge in [-0.3, -0.25) is 4.72 Å². The first-order chi connectivity index (χ1) is 13.9. The van der Waals surface area contributed by atoms with E-state index in [1.807, 2.05) is 0 Å². The summed E-state index contributed by atoms with van der Waals surface area (Å²) >= 11 is 0. The lowest BCUT2D eigenvalue weighted by Crippen LogP contribution is -2.15. The SMILES string of the molecule is COC(=O)c1ccc(C)c(S(=O)(=O)Nc2cccc(OCCn3cncn3)c2)c1. The van der Waals surface area contributed by atoms with E-state index in [0.717, 1.165) is 0 Å². The average molecular weight is 416 g/mol. The van der Waals surface area contributed by atoms with Gasteiger partial charge in [0.15, 0.2) is 0 Å². The molecule has 0 aliphatic rings. The number of carbonyl (C=O) groups is 1. The van der Waals surface area contributed by atoms with Gasteiger partial charge in [-0.05, 0) is 36.8 Å². The molecule has 29 heavy (non-hydrogen) atoms. The molecule has 3 aromatic rings. The van der Waals surface area contributed by atoms with Crippen LogP contribution in [0.5, 0.6) is 5.75 Å². The lowest BCUT2D eigenvalue weighted by Gasteiger charge is -2.13. The van der Waals surface area contributed by atoms with Gasteiger partial charge >= 0.3 is 5.97 Å². The quantitative estimate of drug-likeness (QED) is 0.561. The van der Waals surface area contributed by atoms with Crippen molar-refractivity contribution in [3.8, 4) is 5.75 Å². The molecular formula is C19H20N4O5S. The number of anilines is 1. The summed E-state index contributed by atoms with van der Waals surface area (Å²) in [6, 6.07) is 11.0. The maximum absolute atomic E-state index is 12.8. The normalized spacial score (nSPS) is 11.1. The first kappa shape index (κ1) is 20.3. The van der Waals surface area contributed by atoms with Crippen LogP contribution in [0.2, 0.25) is 0 Å². The molecule has 152 valence electrons. The summed E-state index contributed by atoms with van der Waals surface area (Å²) in [6.45, 7) is 2.51. The van der Waals surface area contributed by atoms with E-state index in [1.54, 1.807) is 48.3 Å². The number of aryl methyl sites for hydroxylation is 1. The molecule has 0 aliphatic heterocycles. The van der Waals surface area contributed by atoms with Crippen molar-refractivity contribution in [3.05, 3.63) is 66.2 Å². The summed E-state index contributed by atoms with van der Waals surface area (Å²) in [7, 11) is -2.68. The third-order valence-corrected chi connectivity index (χ3v) is 5.56. The Bertz CT molecular complexity index is 1100. The van der Waals surface area contributed by atoms with E-state index in [1.165, 1.54) is 25.6 Å². The van der Waals surface area contributed by atoms with Gasteiger partial charge in [0.2, 0.25) is 0 Å². The lowest BCUT2D eigenvalue weighted by atomic mass is 10.1. The van der Waals surface area contributed by atoms with Crippen LogP contribution in [-0.2, 0) is 21.3 Å². The second-order valence-electron chi connectivity index (χ2n) is 6.11. The number of sulfonamides is 1. The summed E-state index contributed by atoms with van der Waals surface area (Å²) < 4.78 is 40.1. The number of methoxy groups -OCH3 is 1. The molecule has 0 radical (unpaired) electrons. The molecule has 0 aliphatic carbocycles. The van der Waals surface area contributed by atoms with Gasteiger partial charge in [0.1, 0.15) is 25.0 Å². The lowest BCUT2D eigenvalue weighted by molar-refractivity contribution is 0.0600. The Morgan fingerprint density at radius 1 is 1.21 bits per heavy atom. The van der Waals surface area contributed by atoms with E-state index in [4.69, 9.17) is 4.74 Å². The topological polar surface area (TPSA) is 112 Å². The Hall–Kier alpha value is -3.40. The molecule has 3 rings (SSSR count). The van der Waals surface area contributed by atoms with Gasteiger partial charge in [0.05, 0.1) is 29.8 Å². The second-order valence-corrected chi connectivity index (χ2v) is 7.76. The molecule has 10 heteroatoms. The summed E-state index contributed by atoms with van der Waals surface area (Å²) in [4.78, 5) is 15.6. The zero-order valence-corrected chi connectivity index (χ0v) is 16.7. The number of hydrogen-bond acceptors (Lipinski definition) is 7. The molecule has 0 bridgehead atoms. The zero-order valence-electron chi connectivity index (χ0n) is 15.9. The molecule has 2 aromatic carbocycles. The summed E-state index contributed by atoms with van der Waals surface area (Å²) in [5.41, 5.74) is 1.00. The highest BCUT2D eigenvalue weighted by molar-refractivity contribution is 7.92. The maximum Gasteiger partial charge on any atom is 0.337 e. The average Bonchev–Trinajstić information content (AvgIpc) is 3.21. The van der Waals surface area contributed by atoms with Crippen molar-refractivity contribution in [1.82, 2.24) is 14.8 Å². The molecule has 9 nitrogen and oxygen atoms in total. The molecular weight excluding hydrogens is 396 g/mol. The van der Waals surface area contributed by atoms with Crippen molar-refractivity contribution in [2.24, 2.45) is 0 Å². The van der Waals surface area contributed by atoms with Crippen LogP contribution in [0, 0.1) is 6.92 Å². The van der Waals surface area contributed by atoms with Crippen LogP contribution < -0.4 is 9.46 Å². The van der Waals surface area contributed by atoms with E-state index in [-0.39, 0.29) is 10.5 Å². The number of nitrogens with zero attached hydrogens (tertiary/aromatic N) is 3. The first-order valence-electron chi connectivity index (χ1n) is 8.66. The number of ether oxygens (including phenoxy) is 2. The number of carbonyl (C=O) groups excluding carboxylic acids is 1. The molecule has 1 heterocycles. The Morgan fingerprint density at radius 2 is 2.03 bits per heavy atom. The minimum absolute atomic E-state index is 0.00194. The Labute approximate surface area is 168 Å². The number of hydrogen-bond donors (Lipinski definition) is 1. The van der Waals surface area contributed by atoms with Crippen molar-refractivity contribution in [1.29, 1.82) is 0 Å². The molecule has 1 N–H and O–H groups in total. The fourth-order valence-corrected chi connectivity index (χ4v) is 3.92. The maximum atomic E-state index is 12.8. The van der Waals surface area contributed by atoms with Crippen LogP contribution >= 0.6 is 0 Å². The van der Waals surface area contributed by atoms with E-state index >= 15 is 0 Å². The van der Waals surface area contributed by atoms with Gasteiger partial charge in [0.25, 0.3) is 10.0 Å². The van der Waals surface area contributed by atoms with Crippen LogP contribution in [0.3, 0.4) is 0 Å². The number of rotatable bonds is 8. The molecule has 0 fully saturated rings. The monoisotopic (exact) mass is 416 g/mol. The molecule has 0 saturated carbocycles. The Morgan fingerprint density at radius 3 is 2.76 bits per heavy atom. The summed E-state index contributed by atoms with van der Waals surface area (Å²) in [5, 5.41) is 3.98. The second kappa shape index (κ2) is 8.74. The molecule has 0 unspecified atom stereocenters. The van der Waals surface area contributed by atoms with E-state index in [9.17, 15) is 13.2 Å². The first-order valence-corrected chi connectivity index (χ1v) is 10.1. The molecule has 0 amide bonds. The third-order valence-electron chi connectivity index (χ3n) is 4.04. The number of nitrogens with one attached hydrogen (secondary N) is 1. The van der Waals surface area contributed by atoms with Gasteiger partial charge in [-0.25, -0.2) is 22.9 Å². The smallest absolute Gasteiger partial charge is 0.337 e. The highest BCUT2D eigenvalue weighted by Gasteiger charge is 2.20. The molecule has 0 spiro atoms. The van der Waals surface area contributed by atoms with Gasteiger partial charge in [-0.15, -0.1) is 0 Å². The van der Waals surface area contributed by atoms with Crippen molar-refractivity contribution < 1.29 is 22.7 Å². The van der Waals surface area contributed by atoms with Gasteiger partial charge in [-0.2, -0.15) is 5.10 Å². The van der Waals surface area contributed by atoms with E-state index in [0.29, 0.717) is 30.2 Å². The van der Waals surface area contributed by atoms with Crippen LogP contribution in [0.25, 0.3) is 0 Å².